The van der Waals surface area contributed by atoms with Gasteiger partial charge in [-0.1, -0.05) is 12.1 Å². The minimum absolute atomic E-state index is 0.0302. The first kappa shape index (κ1) is 14.2. The van der Waals surface area contributed by atoms with Gasteiger partial charge < -0.3 is 10.6 Å². The third-order valence-corrected chi connectivity index (χ3v) is 3.27. The number of pyridine rings is 1. The largest absolute Gasteiger partial charge is 0.341 e. The van der Waals surface area contributed by atoms with E-state index in [9.17, 15) is 4.79 Å². The molecule has 1 amide bonds. The second kappa shape index (κ2) is 6.82. The van der Waals surface area contributed by atoms with E-state index in [1.54, 1.807) is 17.3 Å². The maximum atomic E-state index is 12.2. The minimum atomic E-state index is 0.0302. The van der Waals surface area contributed by atoms with Gasteiger partial charge in [-0.25, -0.2) is 0 Å². The van der Waals surface area contributed by atoms with Crippen molar-refractivity contribution in [2.24, 2.45) is 5.73 Å². The molecular formula is C16H19N3O. The summed E-state index contributed by atoms with van der Waals surface area (Å²) < 4.78 is 0. The zero-order valence-electron chi connectivity index (χ0n) is 11.6. The van der Waals surface area contributed by atoms with Crippen LogP contribution in [0.15, 0.2) is 48.8 Å². The number of nitrogens with two attached hydrogens (primary N) is 1. The van der Waals surface area contributed by atoms with Crippen LogP contribution in [0.5, 0.6) is 0 Å². The van der Waals surface area contributed by atoms with Gasteiger partial charge in [-0.05, 0) is 41.8 Å². The van der Waals surface area contributed by atoms with Crippen molar-refractivity contribution in [3.63, 3.8) is 0 Å². The summed E-state index contributed by atoms with van der Waals surface area (Å²) >= 11 is 0. The molecule has 0 aliphatic rings. The van der Waals surface area contributed by atoms with Crippen molar-refractivity contribution < 1.29 is 4.79 Å². The smallest absolute Gasteiger partial charge is 0.253 e. The Hall–Kier alpha value is -2.20. The molecule has 0 saturated carbocycles. The fourth-order valence-corrected chi connectivity index (χ4v) is 1.95. The molecule has 4 heteroatoms. The topological polar surface area (TPSA) is 59.2 Å². The van der Waals surface area contributed by atoms with Gasteiger partial charge >= 0.3 is 0 Å². The zero-order valence-corrected chi connectivity index (χ0v) is 11.6. The van der Waals surface area contributed by atoms with Crippen molar-refractivity contribution >= 4 is 5.91 Å². The van der Waals surface area contributed by atoms with Crippen molar-refractivity contribution in [3.05, 3.63) is 65.5 Å². The first-order valence-electron chi connectivity index (χ1n) is 6.64. The average molecular weight is 269 g/mol. The molecule has 2 rings (SSSR count). The standard InChI is InChI=1S/C16H19N3O/c1-19(11-8-13-6-9-18-10-7-13)16(20)15-4-2-14(12-17)3-5-15/h2-7,9-10H,8,11-12,17H2,1H3. The van der Waals surface area contributed by atoms with Crippen molar-refractivity contribution in [2.45, 2.75) is 13.0 Å². The molecule has 1 aromatic heterocycles. The van der Waals surface area contributed by atoms with Gasteiger partial charge in [0.1, 0.15) is 0 Å². The molecule has 0 spiro atoms. The Morgan fingerprint density at radius 3 is 2.35 bits per heavy atom. The summed E-state index contributed by atoms with van der Waals surface area (Å²) in [7, 11) is 1.82. The zero-order chi connectivity index (χ0) is 14.4. The van der Waals surface area contributed by atoms with Gasteiger partial charge in [-0.3, -0.25) is 9.78 Å². The lowest BCUT2D eigenvalue weighted by atomic mass is 10.1. The van der Waals surface area contributed by atoms with E-state index in [0.717, 1.165) is 12.0 Å². The Balaban J connectivity index is 1.94. The number of carbonyl (C=O) groups is 1. The van der Waals surface area contributed by atoms with Crippen LogP contribution in [0.2, 0.25) is 0 Å². The molecule has 2 N–H and O–H groups in total. The Kier molecular flexibility index (Phi) is 4.85. The van der Waals surface area contributed by atoms with E-state index in [1.165, 1.54) is 5.56 Å². The number of benzene rings is 1. The molecule has 0 fully saturated rings. The maximum Gasteiger partial charge on any atom is 0.253 e. The number of hydrogen-bond acceptors (Lipinski definition) is 3. The molecule has 0 aliphatic carbocycles. The number of hydrogen-bond donors (Lipinski definition) is 1. The fourth-order valence-electron chi connectivity index (χ4n) is 1.95. The molecule has 4 nitrogen and oxygen atoms in total. The van der Waals surface area contributed by atoms with Crippen LogP contribution in [0.25, 0.3) is 0 Å². The van der Waals surface area contributed by atoms with Gasteiger partial charge in [0, 0.05) is 38.1 Å². The van der Waals surface area contributed by atoms with Gasteiger partial charge in [0.05, 0.1) is 0 Å². The highest BCUT2D eigenvalue weighted by Gasteiger charge is 2.11. The minimum Gasteiger partial charge on any atom is -0.341 e. The Labute approximate surface area is 119 Å². The highest BCUT2D eigenvalue weighted by Crippen LogP contribution is 2.07. The van der Waals surface area contributed by atoms with Crippen LogP contribution in [0.4, 0.5) is 0 Å². The van der Waals surface area contributed by atoms with Gasteiger partial charge in [0.25, 0.3) is 5.91 Å². The quantitative estimate of drug-likeness (QED) is 0.901. The van der Waals surface area contributed by atoms with Gasteiger partial charge in [-0.2, -0.15) is 0 Å². The van der Waals surface area contributed by atoms with Crippen molar-refractivity contribution in [2.75, 3.05) is 13.6 Å². The van der Waals surface area contributed by atoms with E-state index in [4.69, 9.17) is 5.73 Å². The Bertz CT molecular complexity index is 552. The number of likely N-dealkylation sites (N-methyl/N-ethyl adjacent to an activating group) is 1. The Morgan fingerprint density at radius 2 is 1.75 bits per heavy atom. The summed E-state index contributed by atoms with van der Waals surface area (Å²) in [6.07, 6.45) is 4.36. The summed E-state index contributed by atoms with van der Waals surface area (Å²) in [4.78, 5) is 18.0. The van der Waals surface area contributed by atoms with E-state index < -0.39 is 0 Å². The second-order valence-corrected chi connectivity index (χ2v) is 4.73. The van der Waals surface area contributed by atoms with Crippen LogP contribution in [0.3, 0.4) is 0 Å². The molecule has 0 bridgehead atoms. The third-order valence-electron chi connectivity index (χ3n) is 3.27. The van der Waals surface area contributed by atoms with Crippen LogP contribution in [0, 0.1) is 0 Å². The molecule has 0 saturated heterocycles. The summed E-state index contributed by atoms with van der Waals surface area (Å²) in [6.45, 7) is 1.17. The van der Waals surface area contributed by atoms with Gasteiger partial charge in [0.15, 0.2) is 0 Å². The van der Waals surface area contributed by atoms with Crippen LogP contribution in [-0.2, 0) is 13.0 Å². The fraction of sp³-hybridized carbons (Fsp3) is 0.250. The number of aromatic nitrogens is 1. The van der Waals surface area contributed by atoms with Crippen LogP contribution in [0.1, 0.15) is 21.5 Å². The van der Waals surface area contributed by atoms with Gasteiger partial charge in [-0.15, -0.1) is 0 Å². The molecule has 0 atom stereocenters. The molecule has 104 valence electrons. The van der Waals surface area contributed by atoms with E-state index in [-0.39, 0.29) is 5.91 Å². The average Bonchev–Trinajstić information content (AvgIpc) is 2.53. The number of amides is 1. The summed E-state index contributed by atoms with van der Waals surface area (Å²) in [5, 5.41) is 0. The summed E-state index contributed by atoms with van der Waals surface area (Å²) in [6, 6.07) is 11.4. The summed E-state index contributed by atoms with van der Waals surface area (Å²) in [5.41, 5.74) is 8.45. The molecule has 2 aromatic rings. The third kappa shape index (κ3) is 3.65. The van der Waals surface area contributed by atoms with Crippen LogP contribution >= 0.6 is 0 Å². The first-order valence-corrected chi connectivity index (χ1v) is 6.64. The summed E-state index contributed by atoms with van der Waals surface area (Å²) in [5.74, 6) is 0.0302. The second-order valence-electron chi connectivity index (χ2n) is 4.73. The van der Waals surface area contributed by atoms with Crippen molar-refractivity contribution in [3.8, 4) is 0 Å². The first-order chi connectivity index (χ1) is 9.70. The predicted octanol–water partition coefficient (Wildman–Crippen LogP) is 1.85. The molecular weight excluding hydrogens is 250 g/mol. The lowest BCUT2D eigenvalue weighted by Gasteiger charge is -2.17. The number of rotatable bonds is 5. The van der Waals surface area contributed by atoms with Crippen LogP contribution in [-0.4, -0.2) is 29.4 Å². The lowest BCUT2D eigenvalue weighted by molar-refractivity contribution is 0.0796. The Morgan fingerprint density at radius 1 is 1.10 bits per heavy atom. The molecule has 0 unspecified atom stereocenters. The molecule has 0 aliphatic heterocycles. The van der Waals surface area contributed by atoms with Crippen molar-refractivity contribution in [1.29, 1.82) is 0 Å². The van der Waals surface area contributed by atoms with E-state index in [2.05, 4.69) is 4.98 Å². The predicted molar refractivity (Wildman–Crippen MR) is 79.2 cm³/mol. The SMILES string of the molecule is CN(CCc1ccncc1)C(=O)c1ccc(CN)cc1. The van der Waals surface area contributed by atoms with Crippen molar-refractivity contribution in [1.82, 2.24) is 9.88 Å². The molecule has 0 radical (unpaired) electrons. The van der Waals surface area contributed by atoms with E-state index in [0.29, 0.717) is 18.7 Å². The maximum absolute atomic E-state index is 12.2. The number of nitrogens with zero attached hydrogens (tertiary/aromatic N) is 2. The molecule has 20 heavy (non-hydrogen) atoms. The van der Waals surface area contributed by atoms with Crippen LogP contribution < -0.4 is 5.73 Å². The molecule has 1 aromatic carbocycles. The number of carbonyl (C=O) groups excluding carboxylic acids is 1. The lowest BCUT2D eigenvalue weighted by Crippen LogP contribution is -2.28. The normalized spacial score (nSPS) is 10.3. The highest BCUT2D eigenvalue weighted by molar-refractivity contribution is 5.94. The monoisotopic (exact) mass is 269 g/mol. The highest BCUT2D eigenvalue weighted by atomic mass is 16.2. The van der Waals surface area contributed by atoms with E-state index >= 15 is 0 Å². The molecule has 1 heterocycles. The van der Waals surface area contributed by atoms with Gasteiger partial charge in [0.2, 0.25) is 0 Å². The van der Waals surface area contributed by atoms with E-state index in [1.807, 2.05) is 43.4 Å².